The Bertz CT molecular complexity index is 583. The number of hydrogen-bond donors (Lipinski definition) is 0. The lowest BCUT2D eigenvalue weighted by atomic mass is 9.85. The fourth-order valence-electron chi connectivity index (χ4n) is 2.17. The van der Waals surface area contributed by atoms with E-state index < -0.39 is 9.90 Å². The summed E-state index contributed by atoms with van der Waals surface area (Å²) >= 11 is 24.2. The van der Waals surface area contributed by atoms with Crippen molar-refractivity contribution < 1.29 is 9.47 Å². The summed E-state index contributed by atoms with van der Waals surface area (Å²) in [7, 11) is 1.60. The number of halogens is 4. The van der Waals surface area contributed by atoms with Gasteiger partial charge in [-0.3, -0.25) is 0 Å². The van der Waals surface area contributed by atoms with E-state index in [-0.39, 0.29) is 5.41 Å². The van der Waals surface area contributed by atoms with E-state index in [0.717, 1.165) is 11.1 Å². The first-order chi connectivity index (χ1) is 9.55. The second kappa shape index (κ2) is 5.73. The Labute approximate surface area is 144 Å². The summed E-state index contributed by atoms with van der Waals surface area (Å²) < 4.78 is 9.71. The van der Waals surface area contributed by atoms with Gasteiger partial charge >= 0.3 is 0 Å². The molecule has 0 spiro atoms. The first-order valence-electron chi connectivity index (χ1n) is 6.38. The molecular formula is C15H16Cl4O2. The van der Waals surface area contributed by atoms with Crippen molar-refractivity contribution in [3.63, 3.8) is 0 Å². The van der Waals surface area contributed by atoms with Gasteiger partial charge in [0.05, 0.1) is 12.1 Å². The summed E-state index contributed by atoms with van der Waals surface area (Å²) in [5.74, 6) is 1.23. The first kappa shape index (κ1) is 17.1. The Balaban J connectivity index is 2.59. The van der Waals surface area contributed by atoms with Crippen molar-refractivity contribution in [2.24, 2.45) is 0 Å². The Morgan fingerprint density at radius 2 is 1.81 bits per heavy atom. The monoisotopic (exact) mass is 368 g/mol. The summed E-state index contributed by atoms with van der Waals surface area (Å²) in [5.41, 5.74) is 1.50. The average molecular weight is 370 g/mol. The second-order valence-corrected chi connectivity index (χ2v) is 8.62. The lowest BCUT2D eigenvalue weighted by Crippen LogP contribution is -2.31. The molecule has 0 aromatic heterocycles. The van der Waals surface area contributed by atoms with Gasteiger partial charge in [0.2, 0.25) is 3.79 Å². The van der Waals surface area contributed by atoms with Gasteiger partial charge < -0.3 is 9.47 Å². The van der Waals surface area contributed by atoms with Gasteiger partial charge in [0, 0.05) is 11.1 Å². The normalized spacial score (nSPS) is 18.2. The Morgan fingerprint density at radius 3 is 2.29 bits per heavy atom. The van der Waals surface area contributed by atoms with Gasteiger partial charge in [-0.15, -0.1) is 0 Å². The zero-order valence-corrected chi connectivity index (χ0v) is 15.2. The smallest absolute Gasteiger partial charge is 0.230 e. The Kier molecular flexibility index (Phi) is 4.66. The molecule has 6 heteroatoms. The van der Waals surface area contributed by atoms with Crippen LogP contribution in [0.5, 0.6) is 11.5 Å². The molecule has 1 unspecified atom stereocenters. The van der Waals surface area contributed by atoms with Crippen molar-refractivity contribution in [2.45, 2.75) is 36.1 Å². The van der Waals surface area contributed by atoms with Crippen LogP contribution in [0.15, 0.2) is 12.1 Å². The van der Waals surface area contributed by atoms with Crippen LogP contribution in [0.25, 0.3) is 6.08 Å². The third-order valence-electron chi connectivity index (χ3n) is 3.25. The molecule has 2 nitrogen and oxygen atoms in total. The standard InChI is InChI=1S/C15H16Cl4O2/c1-14(2,3)9-7-10-8(12(16)13(9)20-4)5-6-11(21-10)15(17,18)19/h5-7,11H,1-4H3. The van der Waals surface area contributed by atoms with Crippen LogP contribution >= 0.6 is 46.4 Å². The zero-order valence-electron chi connectivity index (χ0n) is 12.1. The van der Waals surface area contributed by atoms with Crippen LogP contribution < -0.4 is 9.47 Å². The van der Waals surface area contributed by atoms with Crippen molar-refractivity contribution in [3.05, 3.63) is 28.3 Å². The van der Waals surface area contributed by atoms with Crippen LogP contribution in [0.1, 0.15) is 31.9 Å². The third-order valence-corrected chi connectivity index (χ3v) is 4.27. The SMILES string of the molecule is COc1c(C(C)(C)C)cc2c(c1Cl)C=CC(C(Cl)(Cl)Cl)O2. The quantitative estimate of drug-likeness (QED) is 0.583. The van der Waals surface area contributed by atoms with Crippen molar-refractivity contribution in [3.8, 4) is 11.5 Å². The van der Waals surface area contributed by atoms with E-state index in [1.807, 2.05) is 6.07 Å². The number of benzene rings is 1. The molecule has 1 heterocycles. The molecule has 0 fully saturated rings. The van der Waals surface area contributed by atoms with Gasteiger partial charge in [0.25, 0.3) is 0 Å². The minimum absolute atomic E-state index is 0.163. The summed E-state index contributed by atoms with van der Waals surface area (Å²) in [4.78, 5) is 0. The van der Waals surface area contributed by atoms with Gasteiger partial charge in [-0.2, -0.15) is 0 Å². The van der Waals surface area contributed by atoms with E-state index >= 15 is 0 Å². The van der Waals surface area contributed by atoms with E-state index in [9.17, 15) is 0 Å². The van der Waals surface area contributed by atoms with Crippen molar-refractivity contribution in [1.82, 2.24) is 0 Å². The molecule has 1 atom stereocenters. The largest absolute Gasteiger partial charge is 0.495 e. The topological polar surface area (TPSA) is 18.5 Å². The molecule has 2 rings (SSSR count). The molecule has 0 saturated heterocycles. The Hall–Kier alpha value is -0.280. The molecule has 0 amide bonds. The van der Waals surface area contributed by atoms with Crippen LogP contribution in [0.4, 0.5) is 0 Å². The maximum absolute atomic E-state index is 6.44. The highest BCUT2D eigenvalue weighted by Gasteiger charge is 2.36. The summed E-state index contributed by atoms with van der Waals surface area (Å²) in [5, 5.41) is 0.499. The first-order valence-corrected chi connectivity index (χ1v) is 7.89. The molecule has 116 valence electrons. The molecule has 1 aliphatic heterocycles. The van der Waals surface area contributed by atoms with Gasteiger partial charge in [-0.25, -0.2) is 0 Å². The lowest BCUT2D eigenvalue weighted by Gasteiger charge is -2.30. The molecule has 0 saturated carbocycles. The number of fused-ring (bicyclic) bond motifs is 1. The zero-order chi connectivity index (χ0) is 16.0. The van der Waals surface area contributed by atoms with Gasteiger partial charge in [0.1, 0.15) is 11.5 Å². The van der Waals surface area contributed by atoms with Gasteiger partial charge in [-0.05, 0) is 23.6 Å². The Morgan fingerprint density at radius 1 is 1.19 bits per heavy atom. The molecule has 1 aliphatic rings. The number of rotatable bonds is 1. The van der Waals surface area contributed by atoms with Crippen LogP contribution in [0.2, 0.25) is 5.02 Å². The van der Waals surface area contributed by atoms with E-state index in [1.54, 1.807) is 19.3 Å². The van der Waals surface area contributed by atoms with Crippen molar-refractivity contribution in [1.29, 1.82) is 0 Å². The third kappa shape index (κ3) is 3.39. The minimum Gasteiger partial charge on any atom is -0.495 e. The summed E-state index contributed by atoms with van der Waals surface area (Å²) in [6.07, 6.45) is 2.81. The number of methoxy groups -OCH3 is 1. The van der Waals surface area contributed by atoms with Crippen molar-refractivity contribution in [2.75, 3.05) is 7.11 Å². The van der Waals surface area contributed by atoms with E-state index in [0.29, 0.717) is 16.5 Å². The summed E-state index contributed by atoms with van der Waals surface area (Å²) in [6.45, 7) is 6.20. The number of ether oxygens (including phenoxy) is 2. The highest BCUT2D eigenvalue weighted by molar-refractivity contribution is 6.68. The fraction of sp³-hybridized carbons (Fsp3) is 0.467. The lowest BCUT2D eigenvalue weighted by molar-refractivity contribution is 0.249. The summed E-state index contributed by atoms with van der Waals surface area (Å²) in [6, 6.07) is 1.90. The average Bonchev–Trinajstić information content (AvgIpc) is 2.35. The molecule has 0 bridgehead atoms. The van der Waals surface area contributed by atoms with E-state index in [1.165, 1.54) is 0 Å². The fourth-order valence-corrected chi connectivity index (χ4v) is 2.86. The molecular weight excluding hydrogens is 354 g/mol. The predicted octanol–water partition coefficient (Wildman–Crippen LogP) is 5.79. The van der Waals surface area contributed by atoms with E-state index in [2.05, 4.69) is 20.8 Å². The van der Waals surface area contributed by atoms with Crippen LogP contribution in [-0.2, 0) is 5.41 Å². The second-order valence-electron chi connectivity index (χ2n) is 5.87. The highest BCUT2D eigenvalue weighted by atomic mass is 35.6. The molecule has 0 radical (unpaired) electrons. The highest BCUT2D eigenvalue weighted by Crippen LogP contribution is 2.47. The van der Waals surface area contributed by atoms with Crippen LogP contribution in [-0.4, -0.2) is 17.0 Å². The molecule has 0 aliphatic carbocycles. The van der Waals surface area contributed by atoms with Crippen LogP contribution in [0.3, 0.4) is 0 Å². The van der Waals surface area contributed by atoms with Gasteiger partial charge in [-0.1, -0.05) is 67.2 Å². The number of alkyl halides is 3. The molecule has 1 aromatic carbocycles. The maximum atomic E-state index is 6.44. The van der Waals surface area contributed by atoms with Crippen molar-refractivity contribution >= 4 is 52.5 Å². The van der Waals surface area contributed by atoms with Crippen LogP contribution in [0, 0.1) is 0 Å². The minimum atomic E-state index is -1.54. The predicted molar refractivity (Wildman–Crippen MR) is 90.4 cm³/mol. The van der Waals surface area contributed by atoms with Gasteiger partial charge in [0.15, 0.2) is 6.10 Å². The molecule has 21 heavy (non-hydrogen) atoms. The van der Waals surface area contributed by atoms with E-state index in [4.69, 9.17) is 55.9 Å². The molecule has 1 aromatic rings. The molecule has 0 N–H and O–H groups in total. The maximum Gasteiger partial charge on any atom is 0.230 e. The number of hydrogen-bond acceptors (Lipinski definition) is 2.